The molecular formula is C27H21NS2. The molecule has 1 atom stereocenters. The number of nitrogens with one attached hydrogen (secondary N) is 1. The van der Waals surface area contributed by atoms with Gasteiger partial charge in [0.25, 0.3) is 0 Å². The zero-order valence-electron chi connectivity index (χ0n) is 17.0. The predicted molar refractivity (Wildman–Crippen MR) is 127 cm³/mol. The Hall–Kier alpha value is -2.36. The van der Waals surface area contributed by atoms with E-state index in [1.165, 1.54) is 53.2 Å². The van der Waals surface area contributed by atoms with Crippen molar-refractivity contribution in [2.75, 3.05) is 5.32 Å². The highest BCUT2D eigenvalue weighted by Gasteiger charge is 2.43. The van der Waals surface area contributed by atoms with Gasteiger partial charge in [0, 0.05) is 42.3 Å². The summed E-state index contributed by atoms with van der Waals surface area (Å²) in [6.07, 6.45) is 3.55. The van der Waals surface area contributed by atoms with Gasteiger partial charge in [-0.15, -0.1) is 0 Å². The topological polar surface area (TPSA) is 12.0 Å². The number of allylic oxidation sites excluding steroid dienone is 4. The summed E-state index contributed by atoms with van der Waals surface area (Å²) >= 11 is 3.85. The molecule has 0 amide bonds. The first-order valence-electron chi connectivity index (χ1n) is 10.5. The summed E-state index contributed by atoms with van der Waals surface area (Å²) in [5, 5.41) is 3.70. The summed E-state index contributed by atoms with van der Waals surface area (Å²) in [4.78, 5) is 5.56. The summed E-state index contributed by atoms with van der Waals surface area (Å²) in [6, 6.07) is 22.5. The van der Waals surface area contributed by atoms with Gasteiger partial charge in [-0.05, 0) is 70.7 Å². The van der Waals surface area contributed by atoms with Crippen molar-refractivity contribution in [2.45, 2.75) is 51.2 Å². The van der Waals surface area contributed by atoms with Gasteiger partial charge < -0.3 is 5.32 Å². The number of anilines is 1. The van der Waals surface area contributed by atoms with Gasteiger partial charge in [-0.2, -0.15) is 0 Å². The van der Waals surface area contributed by atoms with Crippen molar-refractivity contribution < 1.29 is 0 Å². The minimum atomic E-state index is 0.0380. The lowest BCUT2D eigenvalue weighted by molar-refractivity contribution is 0.644. The normalized spacial score (nSPS) is 21.5. The summed E-state index contributed by atoms with van der Waals surface area (Å²) in [7, 11) is 0. The molecule has 0 saturated heterocycles. The fourth-order valence-corrected chi connectivity index (χ4v) is 7.81. The van der Waals surface area contributed by atoms with Crippen LogP contribution in [-0.4, -0.2) is 0 Å². The van der Waals surface area contributed by atoms with Gasteiger partial charge in [-0.1, -0.05) is 67.7 Å². The van der Waals surface area contributed by atoms with Crippen LogP contribution < -0.4 is 5.32 Å². The van der Waals surface area contributed by atoms with Crippen LogP contribution in [-0.2, 0) is 5.41 Å². The van der Waals surface area contributed by atoms with Gasteiger partial charge in [0.15, 0.2) is 0 Å². The minimum Gasteiger partial charge on any atom is -0.358 e. The second kappa shape index (κ2) is 5.87. The lowest BCUT2D eigenvalue weighted by Crippen LogP contribution is -2.18. The average Bonchev–Trinajstić information content (AvgIpc) is 3.22. The molecule has 146 valence electrons. The molecular weight excluding hydrogens is 402 g/mol. The molecule has 1 unspecified atom stereocenters. The van der Waals surface area contributed by atoms with E-state index < -0.39 is 0 Å². The predicted octanol–water partition coefficient (Wildman–Crippen LogP) is 7.84. The smallest absolute Gasteiger partial charge is 0.0421 e. The van der Waals surface area contributed by atoms with Gasteiger partial charge >= 0.3 is 0 Å². The van der Waals surface area contributed by atoms with Crippen molar-refractivity contribution in [3.63, 3.8) is 0 Å². The highest BCUT2D eigenvalue weighted by Crippen LogP contribution is 2.59. The van der Waals surface area contributed by atoms with Crippen LogP contribution in [0, 0.1) is 0 Å². The van der Waals surface area contributed by atoms with Crippen LogP contribution in [0.1, 0.15) is 42.9 Å². The molecule has 0 bridgehead atoms. The van der Waals surface area contributed by atoms with Crippen LogP contribution in [0.3, 0.4) is 0 Å². The second-order valence-corrected chi connectivity index (χ2v) is 11.2. The SMILES string of the molecule is CC1(C)C2=C(CC3C(=C2)Nc2ccccc23)c2cc3c(cc21)Sc1ccccc1S3. The Labute approximate surface area is 185 Å². The quantitative estimate of drug-likeness (QED) is 0.309. The van der Waals surface area contributed by atoms with Gasteiger partial charge in [-0.25, -0.2) is 0 Å². The molecule has 0 spiro atoms. The van der Waals surface area contributed by atoms with Crippen molar-refractivity contribution in [3.05, 3.63) is 94.7 Å². The summed E-state index contributed by atoms with van der Waals surface area (Å²) < 4.78 is 0. The van der Waals surface area contributed by atoms with Crippen LogP contribution in [0.4, 0.5) is 5.69 Å². The van der Waals surface area contributed by atoms with Crippen molar-refractivity contribution in [3.8, 4) is 0 Å². The fourth-order valence-electron chi connectivity index (χ4n) is 5.54. The number of para-hydroxylation sites is 1. The van der Waals surface area contributed by atoms with Gasteiger partial charge in [0.05, 0.1) is 0 Å². The van der Waals surface area contributed by atoms with Crippen LogP contribution in [0.5, 0.6) is 0 Å². The van der Waals surface area contributed by atoms with E-state index in [0.29, 0.717) is 5.92 Å². The lowest BCUT2D eigenvalue weighted by Gasteiger charge is -2.27. The zero-order valence-corrected chi connectivity index (χ0v) is 18.6. The first kappa shape index (κ1) is 17.3. The molecule has 3 aromatic rings. The Balaban J connectivity index is 1.37. The molecule has 4 aliphatic rings. The first-order valence-corrected chi connectivity index (χ1v) is 12.2. The van der Waals surface area contributed by atoms with Gasteiger partial charge in [-0.3, -0.25) is 0 Å². The molecule has 3 aromatic carbocycles. The molecule has 3 heteroatoms. The van der Waals surface area contributed by atoms with E-state index in [-0.39, 0.29) is 5.41 Å². The molecule has 30 heavy (non-hydrogen) atoms. The zero-order chi connectivity index (χ0) is 20.0. The second-order valence-electron chi connectivity index (χ2n) is 9.08. The van der Waals surface area contributed by atoms with Crippen molar-refractivity contribution in [2.24, 2.45) is 0 Å². The van der Waals surface area contributed by atoms with Crippen molar-refractivity contribution >= 4 is 34.8 Å². The van der Waals surface area contributed by atoms with E-state index in [4.69, 9.17) is 0 Å². The third-order valence-electron chi connectivity index (χ3n) is 7.07. The van der Waals surface area contributed by atoms with E-state index in [0.717, 1.165) is 6.42 Å². The maximum Gasteiger partial charge on any atom is 0.0421 e. The molecule has 0 saturated carbocycles. The summed E-state index contributed by atoms with van der Waals surface area (Å²) in [5.41, 5.74) is 10.1. The van der Waals surface area contributed by atoms with E-state index in [1.54, 1.807) is 5.57 Å². The van der Waals surface area contributed by atoms with Crippen molar-refractivity contribution in [1.82, 2.24) is 0 Å². The number of rotatable bonds is 0. The molecule has 0 fully saturated rings. The van der Waals surface area contributed by atoms with Crippen LogP contribution >= 0.6 is 23.5 Å². The largest absolute Gasteiger partial charge is 0.358 e. The Bertz CT molecular complexity index is 1330. The number of hydrogen-bond donors (Lipinski definition) is 1. The third-order valence-corrected chi connectivity index (χ3v) is 9.59. The highest BCUT2D eigenvalue weighted by atomic mass is 32.2. The van der Waals surface area contributed by atoms with Crippen molar-refractivity contribution in [1.29, 1.82) is 0 Å². The molecule has 2 aliphatic carbocycles. The maximum atomic E-state index is 3.70. The average molecular weight is 424 g/mol. The highest BCUT2D eigenvalue weighted by molar-refractivity contribution is 8.05. The van der Waals surface area contributed by atoms with E-state index in [2.05, 4.69) is 85.9 Å². The summed E-state index contributed by atoms with van der Waals surface area (Å²) in [6.45, 7) is 4.79. The van der Waals surface area contributed by atoms with Crippen LogP contribution in [0.15, 0.2) is 97.6 Å². The van der Waals surface area contributed by atoms with E-state index >= 15 is 0 Å². The maximum absolute atomic E-state index is 3.70. The molecule has 0 aromatic heterocycles. The van der Waals surface area contributed by atoms with E-state index in [9.17, 15) is 0 Å². The third kappa shape index (κ3) is 2.23. The molecule has 2 aliphatic heterocycles. The van der Waals surface area contributed by atoms with Crippen LogP contribution in [0.2, 0.25) is 0 Å². The summed E-state index contributed by atoms with van der Waals surface area (Å²) in [5.74, 6) is 0.459. The monoisotopic (exact) mass is 423 g/mol. The Morgan fingerprint density at radius 2 is 1.57 bits per heavy atom. The molecule has 7 rings (SSSR count). The van der Waals surface area contributed by atoms with Gasteiger partial charge in [0.2, 0.25) is 0 Å². The minimum absolute atomic E-state index is 0.0380. The number of hydrogen-bond acceptors (Lipinski definition) is 3. The molecule has 1 nitrogen and oxygen atoms in total. The fraction of sp³-hybridized carbons (Fsp3) is 0.185. The molecule has 1 N–H and O–H groups in total. The van der Waals surface area contributed by atoms with E-state index in [1.807, 2.05) is 23.5 Å². The molecule has 0 radical (unpaired) electrons. The first-order chi connectivity index (χ1) is 14.6. The Morgan fingerprint density at radius 3 is 2.37 bits per heavy atom. The number of benzene rings is 3. The standard InChI is InChI=1S/C27H21NS2/c1-27(2)19-13-22-18(15-7-3-4-8-21(15)28-22)11-16(19)17-12-25-26(14-20(17)27)30-24-10-6-5-9-23(24)29-25/h3-10,12-14,18,28H,11H2,1-2H3. The number of fused-ring (bicyclic) bond motifs is 7. The Kier molecular flexibility index (Phi) is 3.39. The lowest BCUT2D eigenvalue weighted by atomic mass is 9.77. The Morgan fingerprint density at radius 1 is 0.867 bits per heavy atom. The van der Waals surface area contributed by atoms with Crippen LogP contribution in [0.25, 0.3) is 5.57 Å². The molecule has 2 heterocycles. The van der Waals surface area contributed by atoms with Gasteiger partial charge in [0.1, 0.15) is 0 Å².